The van der Waals surface area contributed by atoms with E-state index in [4.69, 9.17) is 4.74 Å². The number of hydrogen-bond donors (Lipinski definition) is 1. The van der Waals surface area contributed by atoms with Crippen LogP contribution in [0.15, 0.2) is 41.3 Å². The van der Waals surface area contributed by atoms with E-state index in [9.17, 15) is 13.2 Å². The molecule has 0 unspecified atom stereocenters. The van der Waals surface area contributed by atoms with E-state index >= 15 is 0 Å². The number of amides is 1. The summed E-state index contributed by atoms with van der Waals surface area (Å²) < 4.78 is 33.0. The maximum atomic E-state index is 13.1. The van der Waals surface area contributed by atoms with E-state index in [-0.39, 0.29) is 22.4 Å². The molecule has 1 heterocycles. The summed E-state index contributed by atoms with van der Waals surface area (Å²) in [6, 6.07) is 10.7. The topological polar surface area (TPSA) is 75.7 Å². The van der Waals surface area contributed by atoms with Crippen molar-refractivity contribution in [3.05, 3.63) is 58.7 Å². The quantitative estimate of drug-likeness (QED) is 0.737. The fourth-order valence-corrected chi connectivity index (χ4v) is 6.04. The molecule has 0 saturated carbocycles. The van der Waals surface area contributed by atoms with E-state index in [2.05, 4.69) is 23.5 Å². The Hall–Kier alpha value is -2.38. The first-order valence-corrected chi connectivity index (χ1v) is 12.4. The molecule has 1 aliphatic heterocycles. The van der Waals surface area contributed by atoms with Crippen LogP contribution in [0.1, 0.15) is 65.7 Å². The lowest BCUT2D eigenvalue weighted by Gasteiger charge is -2.26. The number of nitrogens with zero attached hydrogens (tertiary/aromatic N) is 1. The molecule has 1 atom stereocenters. The lowest BCUT2D eigenvalue weighted by molar-refractivity contribution is 0.0936. The van der Waals surface area contributed by atoms with Gasteiger partial charge in [0.2, 0.25) is 10.0 Å². The second kappa shape index (κ2) is 9.01. The number of fused-ring (bicyclic) bond motifs is 1. The Morgan fingerprint density at radius 1 is 1.00 bits per heavy atom. The number of hydrogen-bond acceptors (Lipinski definition) is 4. The van der Waals surface area contributed by atoms with Gasteiger partial charge in [0, 0.05) is 13.1 Å². The molecule has 166 valence electrons. The largest absolute Gasteiger partial charge is 0.496 e. The second-order valence-electron chi connectivity index (χ2n) is 8.40. The first kappa shape index (κ1) is 21.8. The molecule has 0 bridgehead atoms. The molecule has 1 aliphatic carbocycles. The number of carbonyl (C=O) groups excluding carboxylic acids is 1. The average Bonchev–Trinajstić information content (AvgIpc) is 3.27. The summed E-state index contributed by atoms with van der Waals surface area (Å²) in [4.78, 5) is 13.2. The number of rotatable bonds is 6. The Balaban J connectivity index is 1.57. The van der Waals surface area contributed by atoms with E-state index in [1.807, 2.05) is 6.92 Å². The molecular weight excluding hydrogens is 412 g/mol. The minimum Gasteiger partial charge on any atom is -0.496 e. The zero-order valence-corrected chi connectivity index (χ0v) is 19.0. The van der Waals surface area contributed by atoms with E-state index in [0.717, 1.165) is 37.7 Å². The maximum absolute atomic E-state index is 13.1. The van der Waals surface area contributed by atoms with Gasteiger partial charge in [0.05, 0.1) is 23.6 Å². The lowest BCUT2D eigenvalue weighted by atomic mass is 10.0. The monoisotopic (exact) mass is 442 g/mol. The number of benzene rings is 2. The van der Waals surface area contributed by atoms with Gasteiger partial charge in [-0.15, -0.1) is 0 Å². The van der Waals surface area contributed by atoms with Gasteiger partial charge in [-0.1, -0.05) is 24.6 Å². The highest BCUT2D eigenvalue weighted by Crippen LogP contribution is 2.28. The average molecular weight is 443 g/mol. The maximum Gasteiger partial charge on any atom is 0.255 e. The van der Waals surface area contributed by atoms with Gasteiger partial charge in [-0.3, -0.25) is 4.79 Å². The van der Waals surface area contributed by atoms with Crippen LogP contribution in [0.4, 0.5) is 0 Å². The van der Waals surface area contributed by atoms with Crippen LogP contribution in [0.2, 0.25) is 0 Å². The molecule has 31 heavy (non-hydrogen) atoms. The molecule has 7 heteroatoms. The third kappa shape index (κ3) is 4.48. The molecule has 6 nitrogen and oxygen atoms in total. The number of methoxy groups -OCH3 is 1. The Bertz CT molecular complexity index is 1070. The lowest BCUT2D eigenvalue weighted by Crippen LogP contribution is -2.35. The highest BCUT2D eigenvalue weighted by atomic mass is 32.2. The van der Waals surface area contributed by atoms with Crippen molar-refractivity contribution in [1.82, 2.24) is 9.62 Å². The fraction of sp³-hybridized carbons (Fsp3) is 0.458. The summed E-state index contributed by atoms with van der Waals surface area (Å²) in [5.74, 6) is 0.0109. The van der Waals surface area contributed by atoms with Crippen molar-refractivity contribution in [2.75, 3.05) is 20.2 Å². The van der Waals surface area contributed by atoms with Gasteiger partial charge in [-0.25, -0.2) is 8.42 Å². The first-order valence-electron chi connectivity index (χ1n) is 11.0. The summed E-state index contributed by atoms with van der Waals surface area (Å²) >= 11 is 0. The van der Waals surface area contributed by atoms with Crippen molar-refractivity contribution in [2.45, 2.75) is 56.4 Å². The van der Waals surface area contributed by atoms with Crippen LogP contribution in [0.3, 0.4) is 0 Å². The van der Waals surface area contributed by atoms with Crippen molar-refractivity contribution in [3.63, 3.8) is 0 Å². The Morgan fingerprint density at radius 2 is 1.74 bits per heavy atom. The Morgan fingerprint density at radius 3 is 2.48 bits per heavy atom. The van der Waals surface area contributed by atoms with Gasteiger partial charge in [-0.05, 0) is 73.9 Å². The Labute approximate surface area is 184 Å². The van der Waals surface area contributed by atoms with Gasteiger partial charge in [0.1, 0.15) is 5.75 Å². The molecule has 1 saturated heterocycles. The van der Waals surface area contributed by atoms with Crippen LogP contribution < -0.4 is 10.1 Å². The van der Waals surface area contributed by atoms with E-state index in [0.29, 0.717) is 18.8 Å². The highest BCUT2D eigenvalue weighted by molar-refractivity contribution is 7.89. The number of sulfonamides is 1. The molecule has 2 aromatic carbocycles. The van der Waals surface area contributed by atoms with Crippen LogP contribution in [0.25, 0.3) is 0 Å². The van der Waals surface area contributed by atoms with Gasteiger partial charge in [-0.2, -0.15) is 4.31 Å². The molecule has 4 rings (SSSR count). The normalized spacial score (nSPS) is 17.7. The Kier molecular flexibility index (Phi) is 6.34. The number of nitrogens with one attached hydrogen (secondary N) is 1. The predicted octanol–water partition coefficient (Wildman–Crippen LogP) is 3.85. The standard InChI is InChI=1S/C24H30N2O4S/c1-17(19-10-9-18-7-6-8-20(18)15-19)25-24(27)22-16-21(11-12-23(22)30-2)31(28,29)26-13-4-3-5-14-26/h9-12,15-17H,3-8,13-14H2,1-2H3,(H,25,27)/t17-/m1/s1. The summed E-state index contributed by atoms with van der Waals surface area (Å²) in [6.07, 6.45) is 6.14. The molecule has 0 aromatic heterocycles. The SMILES string of the molecule is COc1ccc(S(=O)(=O)N2CCCCC2)cc1C(=O)N[C@H](C)c1ccc2c(c1)CCC2. The van der Waals surface area contributed by atoms with Gasteiger partial charge in [0.15, 0.2) is 0 Å². The third-order valence-corrected chi connectivity index (χ3v) is 8.23. The smallest absolute Gasteiger partial charge is 0.255 e. The predicted molar refractivity (Wildman–Crippen MR) is 120 cm³/mol. The van der Waals surface area contributed by atoms with Crippen molar-refractivity contribution < 1.29 is 17.9 Å². The van der Waals surface area contributed by atoms with Crippen LogP contribution in [-0.4, -0.2) is 38.8 Å². The van der Waals surface area contributed by atoms with Crippen LogP contribution >= 0.6 is 0 Å². The molecule has 1 amide bonds. The number of ether oxygens (including phenoxy) is 1. The van der Waals surface area contributed by atoms with E-state index in [1.165, 1.54) is 41.1 Å². The summed E-state index contributed by atoms with van der Waals surface area (Å²) in [5, 5.41) is 3.01. The molecule has 2 aliphatic rings. The first-order chi connectivity index (χ1) is 14.9. The molecular formula is C24H30N2O4S. The molecule has 0 spiro atoms. The van der Waals surface area contributed by atoms with Crippen molar-refractivity contribution in [2.24, 2.45) is 0 Å². The highest BCUT2D eigenvalue weighted by Gasteiger charge is 2.28. The fourth-order valence-electron chi connectivity index (χ4n) is 4.50. The van der Waals surface area contributed by atoms with Gasteiger partial charge >= 0.3 is 0 Å². The van der Waals surface area contributed by atoms with Gasteiger partial charge in [0.25, 0.3) is 5.91 Å². The number of aryl methyl sites for hydroxylation is 2. The van der Waals surface area contributed by atoms with Gasteiger partial charge < -0.3 is 10.1 Å². The van der Waals surface area contributed by atoms with E-state index in [1.54, 1.807) is 6.07 Å². The summed E-state index contributed by atoms with van der Waals surface area (Å²) in [7, 11) is -2.15. The molecule has 1 N–H and O–H groups in total. The van der Waals surface area contributed by atoms with Crippen LogP contribution in [0.5, 0.6) is 5.75 Å². The van der Waals surface area contributed by atoms with Crippen LogP contribution in [-0.2, 0) is 22.9 Å². The second-order valence-corrected chi connectivity index (χ2v) is 10.3. The minimum absolute atomic E-state index is 0.130. The van der Waals surface area contributed by atoms with Crippen LogP contribution in [0, 0.1) is 0 Å². The van der Waals surface area contributed by atoms with Crippen molar-refractivity contribution in [1.29, 1.82) is 0 Å². The number of piperidine rings is 1. The van der Waals surface area contributed by atoms with E-state index < -0.39 is 10.0 Å². The summed E-state index contributed by atoms with van der Waals surface area (Å²) in [5.41, 5.74) is 4.02. The van der Waals surface area contributed by atoms with Crippen molar-refractivity contribution >= 4 is 15.9 Å². The molecule has 0 radical (unpaired) electrons. The zero-order chi connectivity index (χ0) is 22.0. The minimum atomic E-state index is -3.63. The number of carbonyl (C=O) groups is 1. The molecule has 1 fully saturated rings. The zero-order valence-electron chi connectivity index (χ0n) is 18.2. The third-order valence-electron chi connectivity index (χ3n) is 6.34. The summed E-state index contributed by atoms with van der Waals surface area (Å²) in [6.45, 7) is 2.98. The van der Waals surface area contributed by atoms with Crippen molar-refractivity contribution in [3.8, 4) is 5.75 Å². The molecule has 2 aromatic rings.